The van der Waals surface area contributed by atoms with Crippen LogP contribution in [0.3, 0.4) is 0 Å². The first kappa shape index (κ1) is 16.5. The van der Waals surface area contributed by atoms with Gasteiger partial charge in [0.05, 0.1) is 23.6 Å². The second-order valence-electron chi connectivity index (χ2n) is 5.85. The van der Waals surface area contributed by atoms with Crippen molar-refractivity contribution in [2.75, 3.05) is 38.0 Å². The highest BCUT2D eigenvalue weighted by Gasteiger charge is 2.19. The topological polar surface area (TPSA) is 70.5 Å². The molecule has 0 bridgehead atoms. The zero-order valence-corrected chi connectivity index (χ0v) is 13.8. The Balaban J connectivity index is 1.91. The van der Waals surface area contributed by atoms with Crippen molar-refractivity contribution in [3.63, 3.8) is 0 Å². The lowest BCUT2D eigenvalue weighted by Gasteiger charge is -2.20. The van der Waals surface area contributed by atoms with Gasteiger partial charge in [-0.1, -0.05) is 0 Å². The zero-order valence-electron chi connectivity index (χ0n) is 13.8. The summed E-state index contributed by atoms with van der Waals surface area (Å²) >= 11 is 0. The van der Waals surface area contributed by atoms with Crippen LogP contribution in [0.5, 0.6) is 0 Å². The highest BCUT2D eigenvalue weighted by atomic mass is 16.2. The van der Waals surface area contributed by atoms with Crippen molar-refractivity contribution in [1.29, 1.82) is 0 Å². The Morgan fingerprint density at radius 2 is 1.91 bits per heavy atom. The first-order valence-corrected chi connectivity index (χ1v) is 7.66. The SMILES string of the molecule is CC(=O)N1CCCN(CC(=O)Nc2c(C)nn(C)c2C)CC1. The van der Waals surface area contributed by atoms with Crippen LogP contribution in [0.1, 0.15) is 24.7 Å². The summed E-state index contributed by atoms with van der Waals surface area (Å²) in [5.41, 5.74) is 2.57. The molecule has 1 N–H and O–H groups in total. The Morgan fingerprint density at radius 1 is 1.18 bits per heavy atom. The molecule has 1 aromatic heterocycles. The van der Waals surface area contributed by atoms with Gasteiger partial charge in [0.15, 0.2) is 0 Å². The molecular formula is C15H25N5O2. The monoisotopic (exact) mass is 307 g/mol. The fourth-order valence-electron chi connectivity index (χ4n) is 2.78. The van der Waals surface area contributed by atoms with Gasteiger partial charge < -0.3 is 10.2 Å². The van der Waals surface area contributed by atoms with Gasteiger partial charge in [-0.15, -0.1) is 0 Å². The van der Waals surface area contributed by atoms with Crippen LogP contribution < -0.4 is 5.32 Å². The quantitative estimate of drug-likeness (QED) is 0.884. The average Bonchev–Trinajstić information content (AvgIpc) is 2.64. The van der Waals surface area contributed by atoms with Gasteiger partial charge in [0.2, 0.25) is 11.8 Å². The molecule has 0 aliphatic carbocycles. The lowest BCUT2D eigenvalue weighted by atomic mass is 10.3. The van der Waals surface area contributed by atoms with Crippen molar-refractivity contribution < 1.29 is 9.59 Å². The molecule has 0 aromatic carbocycles. The number of aromatic nitrogens is 2. The van der Waals surface area contributed by atoms with E-state index in [1.54, 1.807) is 11.6 Å². The summed E-state index contributed by atoms with van der Waals surface area (Å²) < 4.78 is 1.77. The molecule has 1 aliphatic rings. The van der Waals surface area contributed by atoms with E-state index in [9.17, 15) is 9.59 Å². The molecule has 1 aliphatic heterocycles. The molecule has 0 unspecified atom stereocenters. The number of nitrogens with one attached hydrogen (secondary N) is 1. The smallest absolute Gasteiger partial charge is 0.238 e. The molecule has 0 radical (unpaired) electrons. The Hall–Kier alpha value is -1.89. The largest absolute Gasteiger partial charge is 0.342 e. The number of aryl methyl sites for hydroxylation is 2. The predicted molar refractivity (Wildman–Crippen MR) is 84.6 cm³/mol. The summed E-state index contributed by atoms with van der Waals surface area (Å²) in [5, 5.41) is 7.26. The molecule has 2 amide bonds. The highest BCUT2D eigenvalue weighted by Crippen LogP contribution is 2.18. The van der Waals surface area contributed by atoms with Crippen LogP contribution in [0.25, 0.3) is 0 Å². The molecule has 0 atom stereocenters. The van der Waals surface area contributed by atoms with Gasteiger partial charge in [-0.05, 0) is 20.3 Å². The molecule has 2 heterocycles. The minimum atomic E-state index is -0.0320. The number of hydrogen-bond donors (Lipinski definition) is 1. The maximum atomic E-state index is 12.3. The minimum Gasteiger partial charge on any atom is -0.342 e. The summed E-state index contributed by atoms with van der Waals surface area (Å²) in [7, 11) is 1.86. The van der Waals surface area contributed by atoms with Crippen LogP contribution in [0.4, 0.5) is 5.69 Å². The van der Waals surface area contributed by atoms with E-state index in [0.717, 1.165) is 43.1 Å². The molecular weight excluding hydrogens is 282 g/mol. The summed E-state index contributed by atoms with van der Waals surface area (Å²) in [5.74, 6) is 0.0726. The van der Waals surface area contributed by atoms with Crippen LogP contribution >= 0.6 is 0 Å². The van der Waals surface area contributed by atoms with Crippen LogP contribution in [-0.2, 0) is 16.6 Å². The van der Waals surface area contributed by atoms with Crippen molar-refractivity contribution in [2.24, 2.45) is 7.05 Å². The second kappa shape index (κ2) is 6.91. The van der Waals surface area contributed by atoms with E-state index in [1.807, 2.05) is 25.8 Å². The molecule has 7 heteroatoms. The van der Waals surface area contributed by atoms with Crippen molar-refractivity contribution in [2.45, 2.75) is 27.2 Å². The standard InChI is InChI=1S/C15H25N5O2/c1-11-15(12(2)18(4)17-11)16-14(22)10-19-6-5-7-20(9-8-19)13(3)21/h5-10H2,1-4H3,(H,16,22). The van der Waals surface area contributed by atoms with Gasteiger partial charge in [0.25, 0.3) is 0 Å². The number of anilines is 1. The number of carbonyl (C=O) groups excluding carboxylic acids is 2. The van der Waals surface area contributed by atoms with Gasteiger partial charge in [0, 0.05) is 40.2 Å². The van der Waals surface area contributed by atoms with Crippen LogP contribution in [0, 0.1) is 13.8 Å². The molecule has 2 rings (SSSR count). The number of amides is 2. The van der Waals surface area contributed by atoms with E-state index >= 15 is 0 Å². The lowest BCUT2D eigenvalue weighted by molar-refractivity contribution is -0.128. The maximum absolute atomic E-state index is 12.3. The molecule has 1 fully saturated rings. The van der Waals surface area contributed by atoms with Crippen LogP contribution in [0.2, 0.25) is 0 Å². The van der Waals surface area contributed by atoms with E-state index in [-0.39, 0.29) is 11.8 Å². The average molecular weight is 307 g/mol. The third-order valence-electron chi connectivity index (χ3n) is 4.17. The number of carbonyl (C=O) groups is 2. The van der Waals surface area contributed by atoms with Crippen LogP contribution in [-0.4, -0.2) is 64.1 Å². The van der Waals surface area contributed by atoms with Gasteiger partial charge >= 0.3 is 0 Å². The van der Waals surface area contributed by atoms with Crippen molar-refractivity contribution in [3.8, 4) is 0 Å². The first-order chi connectivity index (χ1) is 10.4. The summed E-state index contributed by atoms with van der Waals surface area (Å²) in [6.45, 7) is 8.80. The maximum Gasteiger partial charge on any atom is 0.238 e. The number of rotatable bonds is 3. The summed E-state index contributed by atoms with van der Waals surface area (Å²) in [6.07, 6.45) is 0.901. The molecule has 122 valence electrons. The van der Waals surface area contributed by atoms with Crippen LogP contribution in [0.15, 0.2) is 0 Å². The molecule has 7 nitrogen and oxygen atoms in total. The Labute approximate surface area is 131 Å². The third kappa shape index (κ3) is 3.85. The van der Waals surface area contributed by atoms with E-state index in [1.165, 1.54) is 0 Å². The molecule has 0 saturated carbocycles. The second-order valence-corrected chi connectivity index (χ2v) is 5.85. The van der Waals surface area contributed by atoms with Crippen molar-refractivity contribution in [1.82, 2.24) is 19.6 Å². The van der Waals surface area contributed by atoms with E-state index in [2.05, 4.69) is 15.3 Å². The Morgan fingerprint density at radius 3 is 2.50 bits per heavy atom. The van der Waals surface area contributed by atoms with E-state index < -0.39 is 0 Å². The Bertz CT molecular complexity index is 567. The van der Waals surface area contributed by atoms with E-state index in [0.29, 0.717) is 13.1 Å². The third-order valence-corrected chi connectivity index (χ3v) is 4.17. The molecule has 1 aromatic rings. The predicted octanol–water partition coefficient (Wildman–Crippen LogP) is 0.530. The zero-order chi connectivity index (χ0) is 16.3. The summed E-state index contributed by atoms with van der Waals surface area (Å²) in [4.78, 5) is 27.6. The molecule has 1 saturated heterocycles. The summed E-state index contributed by atoms with van der Waals surface area (Å²) in [6, 6.07) is 0. The molecule has 22 heavy (non-hydrogen) atoms. The first-order valence-electron chi connectivity index (χ1n) is 7.66. The van der Waals surface area contributed by atoms with E-state index in [4.69, 9.17) is 0 Å². The van der Waals surface area contributed by atoms with Gasteiger partial charge in [-0.25, -0.2) is 0 Å². The fraction of sp³-hybridized carbons (Fsp3) is 0.667. The molecule has 0 spiro atoms. The lowest BCUT2D eigenvalue weighted by Crippen LogP contribution is -2.37. The normalized spacial score (nSPS) is 16.5. The highest BCUT2D eigenvalue weighted by molar-refractivity contribution is 5.93. The minimum absolute atomic E-state index is 0.0320. The number of nitrogens with zero attached hydrogens (tertiary/aromatic N) is 4. The Kier molecular flexibility index (Phi) is 5.18. The van der Waals surface area contributed by atoms with Gasteiger partial charge in [-0.3, -0.25) is 19.2 Å². The van der Waals surface area contributed by atoms with Gasteiger partial charge in [-0.2, -0.15) is 5.10 Å². The van der Waals surface area contributed by atoms with Crippen molar-refractivity contribution in [3.05, 3.63) is 11.4 Å². The van der Waals surface area contributed by atoms with Crippen molar-refractivity contribution >= 4 is 17.5 Å². The number of hydrogen-bond acceptors (Lipinski definition) is 4. The fourth-order valence-corrected chi connectivity index (χ4v) is 2.78. The van der Waals surface area contributed by atoms with Gasteiger partial charge in [0.1, 0.15) is 0 Å².